The molecule has 28 heavy (non-hydrogen) atoms. The van der Waals surface area contributed by atoms with Gasteiger partial charge in [-0.05, 0) is 53.2 Å². The van der Waals surface area contributed by atoms with Crippen LogP contribution in [0.1, 0.15) is 66.4 Å². The molecule has 1 unspecified atom stereocenters. The van der Waals surface area contributed by atoms with Crippen LogP contribution in [0.5, 0.6) is 0 Å². The zero-order valence-corrected chi connectivity index (χ0v) is 19.0. The summed E-state index contributed by atoms with van der Waals surface area (Å²) in [6.45, 7) is 13.9. The van der Waals surface area contributed by atoms with Crippen molar-refractivity contribution in [3.05, 3.63) is 29.8 Å². The Morgan fingerprint density at radius 3 is 2.25 bits per heavy atom. The Kier molecular flexibility index (Phi) is 8.50. The minimum absolute atomic E-state index is 0.0157. The van der Waals surface area contributed by atoms with Crippen molar-refractivity contribution in [3.8, 4) is 0 Å². The first-order chi connectivity index (χ1) is 12.8. The third-order valence-corrected chi connectivity index (χ3v) is 6.28. The topological polar surface area (TPSA) is 81.7 Å². The van der Waals surface area contributed by atoms with Crippen molar-refractivity contribution in [3.63, 3.8) is 0 Å². The summed E-state index contributed by atoms with van der Waals surface area (Å²) >= 11 is 0. The van der Waals surface area contributed by atoms with Gasteiger partial charge in [-0.2, -0.15) is 0 Å². The minimum Gasteiger partial charge on any atom is -0.442 e. The fraction of sp³-hybridized carbons (Fsp3) is 0.667. The second-order valence-electron chi connectivity index (χ2n) is 8.49. The first-order valence-corrected chi connectivity index (χ1v) is 11.2. The summed E-state index contributed by atoms with van der Waals surface area (Å²) in [5, 5.41) is 0. The first kappa shape index (κ1) is 24.4. The molecule has 0 heterocycles. The van der Waals surface area contributed by atoms with Crippen molar-refractivity contribution in [2.24, 2.45) is 5.92 Å². The van der Waals surface area contributed by atoms with Gasteiger partial charge in [0.15, 0.2) is 0 Å². The summed E-state index contributed by atoms with van der Waals surface area (Å²) in [6, 6.07) is 6.24. The highest BCUT2D eigenvalue weighted by atomic mass is 32.2. The smallest absolute Gasteiger partial charge is 0.421 e. The lowest BCUT2D eigenvalue weighted by molar-refractivity contribution is -0.0828. The van der Waals surface area contributed by atoms with E-state index in [1.165, 1.54) is 12.1 Å². The molecular formula is C21H35NO5S. The maximum Gasteiger partial charge on any atom is 0.421 e. The van der Waals surface area contributed by atoms with Crippen LogP contribution in [0.25, 0.3) is 0 Å². The molecule has 7 heteroatoms. The molecule has 0 aliphatic rings. The number of hydrogen-bond acceptors (Lipinski definition) is 5. The summed E-state index contributed by atoms with van der Waals surface area (Å²) in [4.78, 5) is 12.2. The van der Waals surface area contributed by atoms with E-state index >= 15 is 0 Å². The summed E-state index contributed by atoms with van der Waals surface area (Å²) in [6.07, 6.45) is 2.14. The van der Waals surface area contributed by atoms with E-state index in [0.717, 1.165) is 24.8 Å². The van der Waals surface area contributed by atoms with Crippen LogP contribution in [-0.2, 0) is 19.5 Å². The molecule has 0 spiro atoms. The standard InChI is InChI=1S/C21H35NO5S/c1-8-9-14-20(4,5)26-15-17(3)21(6,7)27-19(23)22-28(24,25)18-12-10-16(2)11-13-18/h10-13,17H,8-9,14-15H2,1-7H3,(H,22,23). The Morgan fingerprint density at radius 1 is 1.14 bits per heavy atom. The van der Waals surface area contributed by atoms with Crippen molar-refractivity contribution in [2.45, 2.75) is 83.8 Å². The Labute approximate surface area is 170 Å². The predicted molar refractivity (Wildman–Crippen MR) is 111 cm³/mol. The number of hydrogen-bond donors (Lipinski definition) is 1. The third kappa shape index (κ3) is 7.80. The molecule has 1 atom stereocenters. The number of benzene rings is 1. The van der Waals surface area contributed by atoms with Gasteiger partial charge >= 0.3 is 6.09 Å². The Balaban J connectivity index is 2.66. The number of unbranched alkanes of at least 4 members (excludes halogenated alkanes) is 1. The molecule has 1 rings (SSSR count). The molecule has 6 nitrogen and oxygen atoms in total. The maximum absolute atomic E-state index is 12.3. The van der Waals surface area contributed by atoms with Crippen LogP contribution < -0.4 is 4.72 Å². The molecule has 0 saturated carbocycles. The fourth-order valence-electron chi connectivity index (χ4n) is 2.47. The molecule has 1 N–H and O–H groups in total. The van der Waals surface area contributed by atoms with Gasteiger partial charge < -0.3 is 9.47 Å². The quantitative estimate of drug-likeness (QED) is 0.595. The number of nitrogens with one attached hydrogen (secondary N) is 1. The molecule has 0 aromatic heterocycles. The van der Waals surface area contributed by atoms with Crippen LogP contribution in [0.4, 0.5) is 4.79 Å². The zero-order valence-electron chi connectivity index (χ0n) is 18.2. The van der Waals surface area contributed by atoms with Crippen molar-refractivity contribution >= 4 is 16.1 Å². The van der Waals surface area contributed by atoms with Crippen LogP contribution >= 0.6 is 0 Å². The van der Waals surface area contributed by atoms with E-state index in [1.807, 2.05) is 32.4 Å². The van der Waals surface area contributed by atoms with E-state index in [-0.39, 0.29) is 16.4 Å². The number of carbonyl (C=O) groups excluding carboxylic acids is 1. The van der Waals surface area contributed by atoms with Crippen molar-refractivity contribution in [2.75, 3.05) is 6.61 Å². The van der Waals surface area contributed by atoms with Crippen LogP contribution in [0.15, 0.2) is 29.2 Å². The molecule has 160 valence electrons. The van der Waals surface area contributed by atoms with Crippen LogP contribution in [0, 0.1) is 12.8 Å². The van der Waals surface area contributed by atoms with Gasteiger partial charge in [-0.25, -0.2) is 17.9 Å². The average Bonchev–Trinajstić information content (AvgIpc) is 2.57. The van der Waals surface area contributed by atoms with Crippen LogP contribution in [0.2, 0.25) is 0 Å². The number of sulfonamides is 1. The van der Waals surface area contributed by atoms with Gasteiger partial charge in [-0.15, -0.1) is 0 Å². The van der Waals surface area contributed by atoms with Crippen LogP contribution in [0.3, 0.4) is 0 Å². The van der Waals surface area contributed by atoms with Gasteiger partial charge in [0.1, 0.15) is 5.60 Å². The average molecular weight is 414 g/mol. The predicted octanol–water partition coefficient (Wildman–Crippen LogP) is 4.81. The monoisotopic (exact) mass is 413 g/mol. The summed E-state index contributed by atoms with van der Waals surface area (Å²) < 4.78 is 38.1. The minimum atomic E-state index is -3.98. The molecule has 0 fully saturated rings. The first-order valence-electron chi connectivity index (χ1n) is 9.75. The summed E-state index contributed by atoms with van der Waals surface area (Å²) in [5.41, 5.74) is -0.219. The number of ether oxygens (including phenoxy) is 2. The highest BCUT2D eigenvalue weighted by molar-refractivity contribution is 7.90. The lowest BCUT2D eigenvalue weighted by Crippen LogP contribution is -2.43. The number of aryl methyl sites for hydroxylation is 1. The summed E-state index contributed by atoms with van der Waals surface area (Å²) in [7, 11) is -3.98. The molecule has 1 aromatic carbocycles. The Bertz CT molecular complexity index is 739. The van der Waals surface area contributed by atoms with Gasteiger partial charge in [0.2, 0.25) is 0 Å². The molecule has 1 amide bonds. The van der Waals surface area contributed by atoms with Gasteiger partial charge in [0, 0.05) is 5.92 Å². The van der Waals surface area contributed by atoms with E-state index < -0.39 is 21.7 Å². The number of carbonyl (C=O) groups is 1. The lowest BCUT2D eigenvalue weighted by Gasteiger charge is -2.34. The van der Waals surface area contributed by atoms with Crippen molar-refractivity contribution in [1.82, 2.24) is 4.72 Å². The van der Waals surface area contributed by atoms with E-state index in [9.17, 15) is 13.2 Å². The third-order valence-electron chi connectivity index (χ3n) is 4.95. The number of rotatable bonds is 10. The Morgan fingerprint density at radius 2 is 1.71 bits per heavy atom. The molecule has 0 aliphatic heterocycles. The maximum atomic E-state index is 12.3. The van der Waals surface area contributed by atoms with Crippen molar-refractivity contribution < 1.29 is 22.7 Å². The number of amides is 1. The van der Waals surface area contributed by atoms with Gasteiger partial charge in [-0.3, -0.25) is 0 Å². The normalized spacial score (nSPS) is 13.8. The van der Waals surface area contributed by atoms with E-state index in [4.69, 9.17) is 9.47 Å². The Hall–Kier alpha value is -1.60. The lowest BCUT2D eigenvalue weighted by atomic mass is 9.93. The van der Waals surface area contributed by atoms with Crippen LogP contribution in [-0.4, -0.2) is 32.3 Å². The fourth-order valence-corrected chi connectivity index (χ4v) is 3.35. The molecule has 0 saturated heterocycles. The zero-order chi connectivity index (χ0) is 21.6. The molecule has 0 bridgehead atoms. The molecular weight excluding hydrogens is 378 g/mol. The second kappa shape index (κ2) is 9.74. The van der Waals surface area contributed by atoms with E-state index in [0.29, 0.717) is 6.61 Å². The van der Waals surface area contributed by atoms with Crippen molar-refractivity contribution in [1.29, 1.82) is 0 Å². The summed E-state index contributed by atoms with van der Waals surface area (Å²) in [5.74, 6) is -0.124. The molecule has 1 aromatic rings. The molecule has 0 aliphatic carbocycles. The van der Waals surface area contributed by atoms with E-state index in [2.05, 4.69) is 6.92 Å². The second-order valence-corrected chi connectivity index (χ2v) is 10.2. The largest absolute Gasteiger partial charge is 0.442 e. The van der Waals surface area contributed by atoms with Gasteiger partial charge in [-0.1, -0.05) is 44.4 Å². The highest BCUT2D eigenvalue weighted by Gasteiger charge is 2.33. The SMILES string of the molecule is CCCCC(C)(C)OCC(C)C(C)(C)OC(=O)NS(=O)(=O)c1ccc(C)cc1. The van der Waals surface area contributed by atoms with E-state index in [1.54, 1.807) is 26.0 Å². The van der Waals surface area contributed by atoms with Gasteiger partial charge in [0.25, 0.3) is 10.0 Å². The highest BCUT2D eigenvalue weighted by Crippen LogP contribution is 2.26. The molecule has 0 radical (unpaired) electrons. The van der Waals surface area contributed by atoms with Gasteiger partial charge in [0.05, 0.1) is 17.1 Å².